The van der Waals surface area contributed by atoms with E-state index in [0.29, 0.717) is 11.9 Å². The van der Waals surface area contributed by atoms with Crippen molar-refractivity contribution in [2.75, 3.05) is 0 Å². The second-order valence-electron chi connectivity index (χ2n) is 4.90. The van der Waals surface area contributed by atoms with Crippen LogP contribution in [-0.4, -0.2) is 29.1 Å². The summed E-state index contributed by atoms with van der Waals surface area (Å²) in [4.78, 5) is 14.2. The van der Waals surface area contributed by atoms with Crippen LogP contribution in [0.4, 0.5) is 0 Å². The molecule has 4 unspecified atom stereocenters. The second kappa shape index (κ2) is 4.12. The Morgan fingerprint density at radius 3 is 2.73 bits per heavy atom. The summed E-state index contributed by atoms with van der Waals surface area (Å²) in [6.07, 6.45) is 4.72. The standard InChI is InChI=1S/C12H22N2O/c1-4-6-10-12(15)14(8(3)13-10)11-7-9(11)5-2/h8-11,13H,4-7H2,1-3H3. The molecule has 2 rings (SSSR count). The third kappa shape index (κ3) is 1.89. The molecule has 4 atom stereocenters. The van der Waals surface area contributed by atoms with Crippen molar-refractivity contribution >= 4 is 5.91 Å². The zero-order valence-corrected chi connectivity index (χ0v) is 9.99. The first kappa shape index (κ1) is 10.9. The van der Waals surface area contributed by atoms with Gasteiger partial charge in [-0.25, -0.2) is 0 Å². The average Bonchev–Trinajstić information content (AvgIpc) is 2.91. The summed E-state index contributed by atoms with van der Waals surface area (Å²) >= 11 is 0. The number of amides is 1. The van der Waals surface area contributed by atoms with Crippen molar-refractivity contribution in [3.8, 4) is 0 Å². The van der Waals surface area contributed by atoms with Gasteiger partial charge >= 0.3 is 0 Å². The molecule has 15 heavy (non-hydrogen) atoms. The van der Waals surface area contributed by atoms with Crippen molar-refractivity contribution in [2.24, 2.45) is 5.92 Å². The maximum atomic E-state index is 12.1. The van der Waals surface area contributed by atoms with Crippen molar-refractivity contribution in [1.29, 1.82) is 0 Å². The zero-order valence-electron chi connectivity index (χ0n) is 9.99. The molecule has 1 heterocycles. The molecule has 1 saturated carbocycles. The average molecular weight is 210 g/mol. The van der Waals surface area contributed by atoms with E-state index in [9.17, 15) is 4.79 Å². The van der Waals surface area contributed by atoms with Gasteiger partial charge in [-0.15, -0.1) is 0 Å². The fraction of sp³-hybridized carbons (Fsp3) is 0.917. The Labute approximate surface area is 92.2 Å². The Hall–Kier alpha value is -0.570. The quantitative estimate of drug-likeness (QED) is 0.766. The molecule has 86 valence electrons. The van der Waals surface area contributed by atoms with E-state index in [4.69, 9.17) is 0 Å². The summed E-state index contributed by atoms with van der Waals surface area (Å²) in [5, 5.41) is 3.40. The van der Waals surface area contributed by atoms with Crippen LogP contribution in [0.5, 0.6) is 0 Å². The van der Waals surface area contributed by atoms with Crippen LogP contribution >= 0.6 is 0 Å². The molecule has 0 aromatic carbocycles. The first-order chi connectivity index (χ1) is 7.19. The Morgan fingerprint density at radius 1 is 1.47 bits per heavy atom. The summed E-state index contributed by atoms with van der Waals surface area (Å²) < 4.78 is 0. The SMILES string of the molecule is CCCC1NC(C)N(C2CC2CC)C1=O. The lowest BCUT2D eigenvalue weighted by Crippen LogP contribution is -2.37. The number of carbonyl (C=O) groups excluding carboxylic acids is 1. The fourth-order valence-electron chi connectivity index (χ4n) is 2.77. The highest BCUT2D eigenvalue weighted by Crippen LogP contribution is 2.40. The molecular weight excluding hydrogens is 188 g/mol. The molecule has 1 aliphatic heterocycles. The number of rotatable bonds is 4. The molecule has 3 nitrogen and oxygen atoms in total. The van der Waals surface area contributed by atoms with Crippen LogP contribution in [-0.2, 0) is 4.79 Å². The number of carbonyl (C=O) groups is 1. The van der Waals surface area contributed by atoms with Crippen molar-refractivity contribution in [3.63, 3.8) is 0 Å². The van der Waals surface area contributed by atoms with E-state index in [0.717, 1.165) is 18.8 Å². The van der Waals surface area contributed by atoms with E-state index >= 15 is 0 Å². The van der Waals surface area contributed by atoms with Gasteiger partial charge in [-0.1, -0.05) is 26.7 Å². The molecule has 1 amide bonds. The maximum Gasteiger partial charge on any atom is 0.241 e. The number of hydrogen-bond acceptors (Lipinski definition) is 2. The molecular formula is C12H22N2O. The molecule has 1 saturated heterocycles. The predicted molar refractivity (Wildman–Crippen MR) is 60.3 cm³/mol. The largest absolute Gasteiger partial charge is 0.323 e. The van der Waals surface area contributed by atoms with E-state index < -0.39 is 0 Å². The van der Waals surface area contributed by atoms with Gasteiger partial charge in [0, 0.05) is 6.04 Å². The minimum absolute atomic E-state index is 0.0862. The first-order valence-corrected chi connectivity index (χ1v) is 6.27. The molecule has 1 N–H and O–H groups in total. The molecule has 2 aliphatic rings. The normalized spacial score (nSPS) is 39.9. The van der Waals surface area contributed by atoms with Gasteiger partial charge in [0.15, 0.2) is 0 Å². The lowest BCUT2D eigenvalue weighted by molar-refractivity contribution is -0.130. The van der Waals surface area contributed by atoms with E-state index in [-0.39, 0.29) is 12.2 Å². The topological polar surface area (TPSA) is 32.3 Å². The fourth-order valence-corrected chi connectivity index (χ4v) is 2.77. The van der Waals surface area contributed by atoms with Crippen molar-refractivity contribution in [1.82, 2.24) is 10.2 Å². The van der Waals surface area contributed by atoms with Crippen LogP contribution in [0.1, 0.15) is 46.5 Å². The molecule has 0 aromatic rings. The summed E-state index contributed by atoms with van der Waals surface area (Å²) in [5.41, 5.74) is 0. The van der Waals surface area contributed by atoms with Crippen LogP contribution in [0.2, 0.25) is 0 Å². The zero-order chi connectivity index (χ0) is 11.0. The number of nitrogens with zero attached hydrogens (tertiary/aromatic N) is 1. The highest BCUT2D eigenvalue weighted by atomic mass is 16.2. The van der Waals surface area contributed by atoms with Crippen LogP contribution in [0.25, 0.3) is 0 Å². The van der Waals surface area contributed by atoms with Gasteiger partial charge in [-0.2, -0.15) is 0 Å². The molecule has 0 bridgehead atoms. The number of hydrogen-bond donors (Lipinski definition) is 1. The van der Waals surface area contributed by atoms with E-state index in [1.54, 1.807) is 0 Å². The summed E-state index contributed by atoms with van der Waals surface area (Å²) in [6, 6.07) is 0.620. The third-order valence-corrected chi connectivity index (χ3v) is 3.76. The van der Waals surface area contributed by atoms with Gasteiger partial charge in [0.25, 0.3) is 0 Å². The van der Waals surface area contributed by atoms with Crippen LogP contribution < -0.4 is 5.32 Å². The van der Waals surface area contributed by atoms with Crippen molar-refractivity contribution in [3.05, 3.63) is 0 Å². The van der Waals surface area contributed by atoms with E-state index in [1.165, 1.54) is 12.8 Å². The molecule has 0 aromatic heterocycles. The Bertz CT molecular complexity index is 254. The Kier molecular flexibility index (Phi) is 3.01. The first-order valence-electron chi connectivity index (χ1n) is 6.27. The highest BCUT2D eigenvalue weighted by Gasteiger charge is 2.49. The van der Waals surface area contributed by atoms with Crippen LogP contribution in [0, 0.1) is 5.92 Å². The van der Waals surface area contributed by atoms with Crippen molar-refractivity contribution in [2.45, 2.75) is 64.7 Å². The summed E-state index contributed by atoms with van der Waals surface area (Å²) in [5.74, 6) is 1.10. The lowest BCUT2D eigenvalue weighted by Gasteiger charge is -2.21. The predicted octanol–water partition coefficient (Wildman–Crippen LogP) is 1.73. The monoisotopic (exact) mass is 210 g/mol. The van der Waals surface area contributed by atoms with Gasteiger partial charge in [0.1, 0.15) is 0 Å². The molecule has 0 spiro atoms. The molecule has 0 radical (unpaired) electrons. The highest BCUT2D eigenvalue weighted by molar-refractivity contribution is 5.84. The van der Waals surface area contributed by atoms with Crippen LogP contribution in [0.3, 0.4) is 0 Å². The molecule has 1 aliphatic carbocycles. The smallest absolute Gasteiger partial charge is 0.241 e. The lowest BCUT2D eigenvalue weighted by atomic mass is 10.1. The molecule has 2 fully saturated rings. The van der Waals surface area contributed by atoms with Gasteiger partial charge in [-0.3, -0.25) is 10.1 Å². The van der Waals surface area contributed by atoms with Gasteiger partial charge in [-0.05, 0) is 25.7 Å². The van der Waals surface area contributed by atoms with Gasteiger partial charge < -0.3 is 4.90 Å². The van der Waals surface area contributed by atoms with Crippen LogP contribution in [0.15, 0.2) is 0 Å². The molecule has 3 heteroatoms. The maximum absolute atomic E-state index is 12.1. The van der Waals surface area contributed by atoms with Gasteiger partial charge in [0.05, 0.1) is 12.2 Å². The van der Waals surface area contributed by atoms with E-state index in [2.05, 4.69) is 31.0 Å². The minimum atomic E-state index is 0.0862. The van der Waals surface area contributed by atoms with E-state index in [1.807, 2.05) is 0 Å². The Balaban J connectivity index is 1.98. The minimum Gasteiger partial charge on any atom is -0.323 e. The Morgan fingerprint density at radius 2 is 2.20 bits per heavy atom. The second-order valence-corrected chi connectivity index (χ2v) is 4.90. The van der Waals surface area contributed by atoms with Crippen molar-refractivity contribution < 1.29 is 4.79 Å². The summed E-state index contributed by atoms with van der Waals surface area (Å²) in [6.45, 7) is 6.46. The van der Waals surface area contributed by atoms with Gasteiger partial charge in [0.2, 0.25) is 5.91 Å². The number of nitrogens with one attached hydrogen (secondary N) is 1. The summed E-state index contributed by atoms with van der Waals surface area (Å²) in [7, 11) is 0. The third-order valence-electron chi connectivity index (χ3n) is 3.76.